The third-order valence-corrected chi connectivity index (χ3v) is 5.86. The maximum absolute atomic E-state index is 12.8. The number of benzene rings is 2. The highest BCUT2D eigenvalue weighted by Gasteiger charge is 2.37. The van der Waals surface area contributed by atoms with Crippen molar-refractivity contribution in [3.8, 4) is 11.5 Å². The van der Waals surface area contributed by atoms with Crippen LogP contribution < -0.4 is 9.47 Å². The van der Waals surface area contributed by atoms with E-state index in [0.29, 0.717) is 37.9 Å². The zero-order chi connectivity index (χ0) is 24.4. The van der Waals surface area contributed by atoms with Crippen molar-refractivity contribution in [1.82, 2.24) is 0 Å². The second-order valence-electron chi connectivity index (χ2n) is 9.11. The van der Waals surface area contributed by atoms with E-state index in [0.717, 1.165) is 37.2 Å². The van der Waals surface area contributed by atoms with Crippen LogP contribution in [-0.4, -0.2) is 44.3 Å². The number of rotatable bonds is 12. The van der Waals surface area contributed by atoms with Crippen molar-refractivity contribution >= 4 is 5.97 Å². The van der Waals surface area contributed by atoms with Crippen molar-refractivity contribution in [1.29, 1.82) is 0 Å². The summed E-state index contributed by atoms with van der Waals surface area (Å²) in [5.74, 6) is 1.44. The van der Waals surface area contributed by atoms with Crippen molar-refractivity contribution in [2.24, 2.45) is 0 Å². The summed E-state index contributed by atoms with van der Waals surface area (Å²) in [6.45, 7) is 9.86. The molecule has 1 heterocycles. The van der Waals surface area contributed by atoms with Crippen LogP contribution in [-0.2, 0) is 25.4 Å². The quantitative estimate of drug-likeness (QED) is 0.294. The molecule has 3 rings (SSSR count). The molecular weight excluding hydrogens is 432 g/mol. The van der Waals surface area contributed by atoms with Crippen molar-refractivity contribution < 1.29 is 28.5 Å². The average molecular weight is 471 g/mol. The van der Waals surface area contributed by atoms with Gasteiger partial charge in [-0.3, -0.25) is 0 Å². The third kappa shape index (κ3) is 7.74. The molecule has 0 aliphatic carbocycles. The van der Waals surface area contributed by atoms with Gasteiger partial charge in [0.25, 0.3) is 0 Å². The van der Waals surface area contributed by atoms with Gasteiger partial charge in [0.2, 0.25) is 5.60 Å². The van der Waals surface area contributed by atoms with Crippen LogP contribution in [0.1, 0.15) is 64.0 Å². The van der Waals surface area contributed by atoms with E-state index in [2.05, 4.69) is 13.8 Å². The third-order valence-electron chi connectivity index (χ3n) is 5.86. The van der Waals surface area contributed by atoms with E-state index in [1.54, 1.807) is 13.8 Å². The van der Waals surface area contributed by atoms with E-state index in [-0.39, 0.29) is 12.3 Å². The molecule has 1 aliphatic rings. The largest absolute Gasteiger partial charge is 0.491 e. The Morgan fingerprint density at radius 1 is 1.03 bits per heavy atom. The molecule has 2 unspecified atom stereocenters. The van der Waals surface area contributed by atoms with E-state index < -0.39 is 5.60 Å². The average Bonchev–Trinajstić information content (AvgIpc) is 2.84. The Morgan fingerprint density at radius 2 is 1.74 bits per heavy atom. The van der Waals surface area contributed by atoms with Crippen molar-refractivity contribution in [3.05, 3.63) is 59.7 Å². The molecule has 0 N–H and O–H groups in total. The van der Waals surface area contributed by atoms with Gasteiger partial charge in [-0.1, -0.05) is 38.1 Å². The van der Waals surface area contributed by atoms with Gasteiger partial charge in [-0.25, -0.2) is 4.79 Å². The summed E-state index contributed by atoms with van der Waals surface area (Å²) >= 11 is 0. The van der Waals surface area contributed by atoms with Gasteiger partial charge in [-0.15, -0.1) is 0 Å². The molecule has 1 fully saturated rings. The molecule has 2 atom stereocenters. The Labute approximate surface area is 203 Å². The minimum Gasteiger partial charge on any atom is -0.491 e. The Bertz CT molecular complexity index is 871. The topological polar surface area (TPSA) is 63.2 Å². The van der Waals surface area contributed by atoms with E-state index in [1.165, 1.54) is 5.56 Å². The molecule has 6 heteroatoms. The molecule has 0 aromatic heterocycles. The predicted octanol–water partition coefficient (Wildman–Crippen LogP) is 5.68. The van der Waals surface area contributed by atoms with Gasteiger partial charge in [-0.2, -0.15) is 0 Å². The van der Waals surface area contributed by atoms with Gasteiger partial charge in [0.15, 0.2) is 6.29 Å². The molecule has 1 saturated heterocycles. The van der Waals surface area contributed by atoms with Gasteiger partial charge in [0.1, 0.15) is 18.1 Å². The fraction of sp³-hybridized carbons (Fsp3) is 0.536. The Balaban J connectivity index is 1.57. The van der Waals surface area contributed by atoms with Crippen LogP contribution in [0.5, 0.6) is 11.5 Å². The van der Waals surface area contributed by atoms with Gasteiger partial charge in [0.05, 0.1) is 13.2 Å². The van der Waals surface area contributed by atoms with Crippen LogP contribution in [0, 0.1) is 0 Å². The SMILES string of the molecule is CCOC(=O)C(C)(Cc1ccc(OCCOC2CCCCO2)cc1)Oc1ccc(C(C)C)cc1. The second kappa shape index (κ2) is 12.8. The summed E-state index contributed by atoms with van der Waals surface area (Å²) in [7, 11) is 0. The molecule has 0 bridgehead atoms. The van der Waals surface area contributed by atoms with Crippen LogP contribution in [0.2, 0.25) is 0 Å². The maximum atomic E-state index is 12.8. The number of carbonyl (C=O) groups is 1. The highest BCUT2D eigenvalue weighted by molar-refractivity contribution is 5.80. The van der Waals surface area contributed by atoms with Crippen LogP contribution in [0.3, 0.4) is 0 Å². The van der Waals surface area contributed by atoms with Crippen molar-refractivity contribution in [2.75, 3.05) is 26.4 Å². The molecule has 2 aromatic rings. The highest BCUT2D eigenvalue weighted by atomic mass is 16.7. The summed E-state index contributed by atoms with van der Waals surface area (Å²) in [5, 5.41) is 0. The lowest BCUT2D eigenvalue weighted by Crippen LogP contribution is -2.45. The lowest BCUT2D eigenvalue weighted by atomic mass is 9.96. The Kier molecular flexibility index (Phi) is 9.78. The van der Waals surface area contributed by atoms with Gasteiger partial charge in [0, 0.05) is 13.0 Å². The first-order chi connectivity index (χ1) is 16.4. The van der Waals surface area contributed by atoms with Crippen molar-refractivity contribution in [2.45, 2.75) is 71.2 Å². The van der Waals surface area contributed by atoms with Gasteiger partial charge in [-0.05, 0) is 74.4 Å². The lowest BCUT2D eigenvalue weighted by Gasteiger charge is -2.29. The van der Waals surface area contributed by atoms with Crippen LogP contribution in [0.25, 0.3) is 0 Å². The molecule has 6 nitrogen and oxygen atoms in total. The first kappa shape index (κ1) is 26.0. The van der Waals surface area contributed by atoms with Crippen LogP contribution in [0.4, 0.5) is 0 Å². The van der Waals surface area contributed by atoms with E-state index in [1.807, 2.05) is 48.5 Å². The molecule has 0 spiro atoms. The summed E-state index contributed by atoms with van der Waals surface area (Å²) < 4.78 is 28.6. The molecule has 34 heavy (non-hydrogen) atoms. The molecule has 1 aliphatic heterocycles. The Morgan fingerprint density at radius 3 is 2.35 bits per heavy atom. The van der Waals surface area contributed by atoms with Crippen molar-refractivity contribution in [3.63, 3.8) is 0 Å². The number of carbonyl (C=O) groups excluding carboxylic acids is 1. The minimum atomic E-state index is -1.15. The zero-order valence-corrected chi connectivity index (χ0v) is 20.9. The number of ether oxygens (including phenoxy) is 5. The first-order valence-corrected chi connectivity index (χ1v) is 12.3. The smallest absolute Gasteiger partial charge is 0.350 e. The second-order valence-corrected chi connectivity index (χ2v) is 9.11. The molecular formula is C28H38O6. The van der Waals surface area contributed by atoms with E-state index in [4.69, 9.17) is 23.7 Å². The number of hydrogen-bond donors (Lipinski definition) is 0. The van der Waals surface area contributed by atoms with Crippen LogP contribution in [0.15, 0.2) is 48.5 Å². The standard InChI is InChI=1S/C28H38O6/c1-5-30-27(29)28(4,34-25-15-11-23(12-16-25)21(2)3)20-22-9-13-24(14-10-22)31-18-19-33-26-8-6-7-17-32-26/h9-16,21,26H,5-8,17-20H2,1-4H3. The van der Waals surface area contributed by atoms with Gasteiger partial charge < -0.3 is 23.7 Å². The Hall–Kier alpha value is -2.57. The maximum Gasteiger partial charge on any atom is 0.350 e. The van der Waals surface area contributed by atoms with Crippen LogP contribution >= 0.6 is 0 Å². The van der Waals surface area contributed by atoms with E-state index >= 15 is 0 Å². The summed E-state index contributed by atoms with van der Waals surface area (Å²) in [6, 6.07) is 15.6. The van der Waals surface area contributed by atoms with Gasteiger partial charge >= 0.3 is 5.97 Å². The fourth-order valence-electron chi connectivity index (χ4n) is 3.89. The molecule has 186 valence electrons. The summed E-state index contributed by atoms with van der Waals surface area (Å²) in [4.78, 5) is 12.8. The summed E-state index contributed by atoms with van der Waals surface area (Å²) in [6.07, 6.45) is 3.46. The number of esters is 1. The normalized spacial score (nSPS) is 17.7. The lowest BCUT2D eigenvalue weighted by molar-refractivity contribution is -0.165. The predicted molar refractivity (Wildman–Crippen MR) is 131 cm³/mol. The molecule has 0 amide bonds. The minimum absolute atomic E-state index is 0.109. The first-order valence-electron chi connectivity index (χ1n) is 12.3. The highest BCUT2D eigenvalue weighted by Crippen LogP contribution is 2.27. The molecule has 0 radical (unpaired) electrons. The number of hydrogen-bond acceptors (Lipinski definition) is 6. The monoisotopic (exact) mass is 470 g/mol. The molecule has 0 saturated carbocycles. The summed E-state index contributed by atoms with van der Waals surface area (Å²) in [5.41, 5.74) is 1.02. The molecule has 2 aromatic carbocycles. The zero-order valence-electron chi connectivity index (χ0n) is 20.9. The van der Waals surface area contributed by atoms with E-state index in [9.17, 15) is 4.79 Å². The fourth-order valence-corrected chi connectivity index (χ4v) is 3.89.